The monoisotopic (exact) mass is 482 g/mol. The van der Waals surface area contributed by atoms with Crippen LogP contribution in [0.1, 0.15) is 67.2 Å². The largest absolute Gasteiger partial charge is 0.351 e. The molecule has 7 nitrogen and oxygen atoms in total. The van der Waals surface area contributed by atoms with Gasteiger partial charge in [0.05, 0.1) is 23.5 Å². The number of hydrogen-bond acceptors (Lipinski definition) is 5. The maximum absolute atomic E-state index is 12.8. The normalized spacial score (nSPS) is 21.2. The lowest BCUT2D eigenvalue weighted by atomic mass is 9.82. The Morgan fingerprint density at radius 1 is 1.19 bits per heavy atom. The summed E-state index contributed by atoms with van der Waals surface area (Å²) in [5.74, 6) is 0.0336. The highest BCUT2D eigenvalue weighted by Gasteiger charge is 2.32. The van der Waals surface area contributed by atoms with Crippen LogP contribution in [-0.4, -0.2) is 31.5 Å². The molecule has 0 radical (unpaired) electrons. The molecule has 186 valence electrons. The third-order valence-corrected chi connectivity index (χ3v) is 7.28. The summed E-state index contributed by atoms with van der Waals surface area (Å²) in [6.45, 7) is 6.04. The molecule has 3 heterocycles. The Labute approximate surface area is 212 Å². The molecule has 0 saturated heterocycles. The van der Waals surface area contributed by atoms with Crippen LogP contribution in [0.5, 0.6) is 0 Å². The number of rotatable bonds is 8. The standard InChI is InChI=1S/C29H34N6O/c1-21-15-29(2,12-14-31-21)28(36)33-16-22-8-10-23(11-9-22)18-35(19-25-17-30-20-34-25)26-7-3-5-24-6-4-13-32-27(24)26/h4,6,8-14,17,20,26H,3,5,7,15-16,18-19H2,1-2H3,(H,30,34)(H,33,36). The molecule has 0 saturated carbocycles. The second-order valence-electron chi connectivity index (χ2n) is 10.2. The van der Waals surface area contributed by atoms with E-state index in [2.05, 4.69) is 55.5 Å². The summed E-state index contributed by atoms with van der Waals surface area (Å²) in [7, 11) is 0. The number of aromatic nitrogens is 3. The highest BCUT2D eigenvalue weighted by Crippen LogP contribution is 2.34. The zero-order chi connectivity index (χ0) is 25.0. The predicted molar refractivity (Wildman–Crippen MR) is 141 cm³/mol. The fraction of sp³-hybridized carbons (Fsp3) is 0.379. The highest BCUT2D eigenvalue weighted by atomic mass is 16.2. The maximum atomic E-state index is 12.8. The van der Waals surface area contributed by atoms with Gasteiger partial charge in [0.25, 0.3) is 0 Å². The Bertz CT molecular complexity index is 1250. The van der Waals surface area contributed by atoms with Gasteiger partial charge in [-0.05, 0) is 55.9 Å². The average molecular weight is 483 g/mol. The van der Waals surface area contributed by atoms with Gasteiger partial charge in [0.15, 0.2) is 0 Å². The highest BCUT2D eigenvalue weighted by molar-refractivity contribution is 5.93. The fourth-order valence-electron chi connectivity index (χ4n) is 5.31. The molecule has 2 atom stereocenters. The number of benzene rings is 1. The first-order chi connectivity index (χ1) is 17.5. The summed E-state index contributed by atoms with van der Waals surface area (Å²) in [5, 5.41) is 3.11. The third-order valence-electron chi connectivity index (χ3n) is 7.28. The first-order valence-electron chi connectivity index (χ1n) is 12.7. The molecule has 7 heteroatoms. The van der Waals surface area contributed by atoms with E-state index in [1.54, 1.807) is 12.5 Å². The van der Waals surface area contributed by atoms with Crippen LogP contribution in [0.4, 0.5) is 0 Å². The second kappa shape index (κ2) is 10.6. The van der Waals surface area contributed by atoms with Gasteiger partial charge < -0.3 is 10.3 Å². The Morgan fingerprint density at radius 3 is 2.81 bits per heavy atom. The van der Waals surface area contributed by atoms with Gasteiger partial charge in [-0.1, -0.05) is 36.4 Å². The van der Waals surface area contributed by atoms with E-state index in [1.807, 2.05) is 38.4 Å². The van der Waals surface area contributed by atoms with Crippen LogP contribution in [0.3, 0.4) is 0 Å². The fourth-order valence-corrected chi connectivity index (χ4v) is 5.31. The van der Waals surface area contributed by atoms with Gasteiger partial charge in [-0.2, -0.15) is 0 Å². The zero-order valence-corrected chi connectivity index (χ0v) is 21.1. The molecule has 1 aliphatic heterocycles. The van der Waals surface area contributed by atoms with Crippen LogP contribution in [0.2, 0.25) is 0 Å². The number of amides is 1. The van der Waals surface area contributed by atoms with Gasteiger partial charge in [-0.3, -0.25) is 19.7 Å². The number of carbonyl (C=O) groups is 1. The first kappa shape index (κ1) is 24.1. The molecule has 0 fully saturated rings. The number of aryl methyl sites for hydroxylation is 1. The van der Waals surface area contributed by atoms with Gasteiger partial charge in [0.1, 0.15) is 0 Å². The molecular formula is C29H34N6O. The molecule has 1 amide bonds. The second-order valence-corrected chi connectivity index (χ2v) is 10.2. The summed E-state index contributed by atoms with van der Waals surface area (Å²) in [6.07, 6.45) is 13.2. The van der Waals surface area contributed by atoms with E-state index in [4.69, 9.17) is 4.98 Å². The molecule has 1 aliphatic carbocycles. The molecule has 3 aromatic rings. The van der Waals surface area contributed by atoms with E-state index >= 15 is 0 Å². The zero-order valence-electron chi connectivity index (χ0n) is 21.1. The van der Waals surface area contributed by atoms with Crippen LogP contribution in [0.25, 0.3) is 0 Å². The Morgan fingerprint density at radius 2 is 2.03 bits per heavy atom. The van der Waals surface area contributed by atoms with Gasteiger partial charge in [0, 0.05) is 56.1 Å². The summed E-state index contributed by atoms with van der Waals surface area (Å²) in [5.41, 5.74) is 6.43. The van der Waals surface area contributed by atoms with Crippen molar-refractivity contribution in [3.05, 3.63) is 95.5 Å². The Balaban J connectivity index is 1.26. The Hall–Kier alpha value is -3.58. The molecule has 36 heavy (non-hydrogen) atoms. The molecule has 2 N–H and O–H groups in total. The number of fused-ring (bicyclic) bond motifs is 1. The first-order valence-corrected chi connectivity index (χ1v) is 12.7. The van der Waals surface area contributed by atoms with E-state index in [0.29, 0.717) is 13.0 Å². The summed E-state index contributed by atoms with van der Waals surface area (Å²) in [4.78, 5) is 31.9. The quantitative estimate of drug-likeness (QED) is 0.479. The maximum Gasteiger partial charge on any atom is 0.230 e. The van der Waals surface area contributed by atoms with Crippen molar-refractivity contribution in [2.45, 2.75) is 65.2 Å². The van der Waals surface area contributed by atoms with Crippen LogP contribution < -0.4 is 5.32 Å². The van der Waals surface area contributed by atoms with Crippen molar-refractivity contribution in [1.82, 2.24) is 25.2 Å². The summed E-state index contributed by atoms with van der Waals surface area (Å²) < 4.78 is 0. The van der Waals surface area contributed by atoms with Crippen molar-refractivity contribution < 1.29 is 4.79 Å². The SMILES string of the molecule is CC1=NC=CC(C)(C(=O)NCc2ccc(CN(Cc3cnc[nH]3)C3CCCc4cccnc43)cc2)C1. The number of nitrogens with one attached hydrogen (secondary N) is 2. The number of pyridine rings is 1. The average Bonchev–Trinajstić information content (AvgIpc) is 3.40. The van der Waals surface area contributed by atoms with Crippen LogP contribution in [0, 0.1) is 5.41 Å². The minimum absolute atomic E-state index is 0.0336. The van der Waals surface area contributed by atoms with Crippen molar-refractivity contribution in [2.24, 2.45) is 10.4 Å². The minimum atomic E-state index is -0.538. The number of hydrogen-bond donors (Lipinski definition) is 2. The molecule has 0 bridgehead atoms. The number of nitrogens with zero attached hydrogens (tertiary/aromatic N) is 4. The number of aliphatic imine (C=N–C) groups is 1. The van der Waals surface area contributed by atoms with Crippen molar-refractivity contribution in [1.29, 1.82) is 0 Å². The predicted octanol–water partition coefficient (Wildman–Crippen LogP) is 4.89. The number of carbonyl (C=O) groups excluding carboxylic acids is 1. The van der Waals surface area contributed by atoms with Gasteiger partial charge >= 0.3 is 0 Å². The van der Waals surface area contributed by atoms with Gasteiger partial charge in [-0.15, -0.1) is 0 Å². The molecule has 1 aromatic carbocycles. The van der Waals surface area contributed by atoms with E-state index in [-0.39, 0.29) is 11.9 Å². The molecule has 2 aromatic heterocycles. The molecule has 5 rings (SSSR count). The van der Waals surface area contributed by atoms with Crippen molar-refractivity contribution in [2.75, 3.05) is 0 Å². The Kier molecular flexibility index (Phi) is 7.09. The van der Waals surface area contributed by atoms with Crippen molar-refractivity contribution >= 4 is 11.6 Å². The van der Waals surface area contributed by atoms with Gasteiger partial charge in [-0.25, -0.2) is 4.98 Å². The minimum Gasteiger partial charge on any atom is -0.351 e. The molecular weight excluding hydrogens is 448 g/mol. The summed E-state index contributed by atoms with van der Waals surface area (Å²) in [6, 6.07) is 13.1. The van der Waals surface area contributed by atoms with Crippen LogP contribution in [-0.2, 0) is 30.8 Å². The molecule has 2 aliphatic rings. The smallest absolute Gasteiger partial charge is 0.230 e. The van der Waals surface area contributed by atoms with E-state index in [0.717, 1.165) is 42.9 Å². The van der Waals surface area contributed by atoms with Gasteiger partial charge in [0.2, 0.25) is 5.91 Å². The number of imidazole rings is 1. The summed E-state index contributed by atoms with van der Waals surface area (Å²) >= 11 is 0. The van der Waals surface area contributed by atoms with Crippen LogP contribution in [0.15, 0.2) is 72.4 Å². The third kappa shape index (κ3) is 5.46. The van der Waals surface area contributed by atoms with Crippen molar-refractivity contribution in [3.63, 3.8) is 0 Å². The van der Waals surface area contributed by atoms with E-state index in [1.165, 1.54) is 23.2 Å². The molecule has 2 unspecified atom stereocenters. The number of H-pyrrole nitrogens is 1. The van der Waals surface area contributed by atoms with E-state index < -0.39 is 5.41 Å². The molecule has 0 spiro atoms. The van der Waals surface area contributed by atoms with Crippen LogP contribution >= 0.6 is 0 Å². The lowest BCUT2D eigenvalue weighted by Crippen LogP contribution is -2.39. The van der Waals surface area contributed by atoms with Crippen molar-refractivity contribution in [3.8, 4) is 0 Å². The lowest BCUT2D eigenvalue weighted by Gasteiger charge is -2.35. The lowest BCUT2D eigenvalue weighted by molar-refractivity contribution is -0.127. The number of aromatic amines is 1. The topological polar surface area (TPSA) is 86.3 Å². The van der Waals surface area contributed by atoms with E-state index in [9.17, 15) is 4.79 Å².